The minimum atomic E-state index is -0.585. The zero-order chi connectivity index (χ0) is 18.5. The molecule has 0 saturated carbocycles. The predicted molar refractivity (Wildman–Crippen MR) is 101 cm³/mol. The molecule has 4 heteroatoms. The average Bonchev–Trinajstić information content (AvgIpc) is 3.07. The van der Waals surface area contributed by atoms with Crippen LogP contribution in [0.25, 0.3) is 11.1 Å². The minimum absolute atomic E-state index is 0.0397. The maximum absolute atomic E-state index is 13.1. The number of rotatable bonds is 2. The third kappa shape index (κ3) is 2.60. The molecule has 0 aromatic heterocycles. The lowest BCUT2D eigenvalue weighted by Crippen LogP contribution is -2.48. The van der Waals surface area contributed by atoms with E-state index in [9.17, 15) is 9.90 Å². The second kappa shape index (κ2) is 5.85. The van der Waals surface area contributed by atoms with Crippen LogP contribution in [0.3, 0.4) is 0 Å². The molecule has 1 amide bonds. The maximum Gasteiger partial charge on any atom is 0.411 e. The van der Waals surface area contributed by atoms with Crippen LogP contribution in [0.2, 0.25) is 0 Å². The molecular formula is C22H25NO3. The summed E-state index contributed by atoms with van der Waals surface area (Å²) in [6.45, 7) is 6.69. The summed E-state index contributed by atoms with van der Waals surface area (Å²) < 4.78 is 6.01. The first kappa shape index (κ1) is 17.1. The second-order valence-corrected chi connectivity index (χ2v) is 8.52. The van der Waals surface area contributed by atoms with Crippen LogP contribution < -0.4 is 0 Å². The lowest BCUT2D eigenvalue weighted by atomic mass is 9.85. The van der Waals surface area contributed by atoms with Gasteiger partial charge >= 0.3 is 6.09 Å². The van der Waals surface area contributed by atoms with Crippen LogP contribution in [0.1, 0.15) is 44.4 Å². The van der Waals surface area contributed by atoms with E-state index in [1.54, 1.807) is 4.90 Å². The Morgan fingerprint density at radius 2 is 1.62 bits per heavy atom. The van der Waals surface area contributed by atoms with Gasteiger partial charge in [-0.3, -0.25) is 4.90 Å². The Labute approximate surface area is 154 Å². The van der Waals surface area contributed by atoms with Gasteiger partial charge < -0.3 is 9.84 Å². The Morgan fingerprint density at radius 3 is 2.15 bits per heavy atom. The third-order valence-electron chi connectivity index (χ3n) is 5.65. The van der Waals surface area contributed by atoms with Gasteiger partial charge in [0.2, 0.25) is 0 Å². The summed E-state index contributed by atoms with van der Waals surface area (Å²) in [5.41, 5.74) is 3.65. The molecular weight excluding hydrogens is 326 g/mol. The summed E-state index contributed by atoms with van der Waals surface area (Å²) in [5, 5.41) is 9.90. The molecule has 1 aliphatic carbocycles. The van der Waals surface area contributed by atoms with Crippen LogP contribution in [-0.4, -0.2) is 34.8 Å². The Balaban J connectivity index is 1.66. The van der Waals surface area contributed by atoms with Crippen LogP contribution in [0.15, 0.2) is 48.5 Å². The van der Waals surface area contributed by atoms with Crippen molar-refractivity contribution in [3.63, 3.8) is 0 Å². The molecule has 1 atom stereocenters. The molecule has 1 aliphatic heterocycles. The van der Waals surface area contributed by atoms with Crippen molar-refractivity contribution in [2.75, 3.05) is 13.2 Å². The van der Waals surface area contributed by atoms with E-state index in [0.717, 1.165) is 28.7 Å². The smallest absolute Gasteiger partial charge is 0.411 e. The van der Waals surface area contributed by atoms with Crippen LogP contribution >= 0.6 is 0 Å². The highest BCUT2D eigenvalue weighted by Gasteiger charge is 2.49. The van der Waals surface area contributed by atoms with Gasteiger partial charge in [-0.1, -0.05) is 62.4 Å². The fraction of sp³-hybridized carbons (Fsp3) is 0.409. The second-order valence-electron chi connectivity index (χ2n) is 8.52. The van der Waals surface area contributed by atoms with Crippen LogP contribution in [0, 0.1) is 5.41 Å². The number of ether oxygens (including phenoxy) is 1. The highest BCUT2D eigenvalue weighted by molar-refractivity contribution is 5.80. The van der Waals surface area contributed by atoms with Gasteiger partial charge in [0, 0.05) is 17.7 Å². The number of aliphatic hydroxyl groups is 1. The van der Waals surface area contributed by atoms with Crippen molar-refractivity contribution < 1.29 is 14.6 Å². The Morgan fingerprint density at radius 1 is 1.08 bits per heavy atom. The zero-order valence-corrected chi connectivity index (χ0v) is 15.5. The van der Waals surface area contributed by atoms with Crippen molar-refractivity contribution in [3.8, 4) is 11.1 Å². The van der Waals surface area contributed by atoms with Crippen molar-refractivity contribution in [2.24, 2.45) is 5.41 Å². The van der Waals surface area contributed by atoms with Crippen molar-refractivity contribution in [1.82, 2.24) is 4.90 Å². The Bertz CT molecular complexity index is 814. The van der Waals surface area contributed by atoms with Crippen molar-refractivity contribution in [1.29, 1.82) is 0 Å². The lowest BCUT2D eigenvalue weighted by Gasteiger charge is -2.33. The third-order valence-corrected chi connectivity index (χ3v) is 5.65. The number of likely N-dealkylation sites (tertiary alicyclic amines) is 1. The zero-order valence-electron chi connectivity index (χ0n) is 15.5. The summed E-state index contributed by atoms with van der Waals surface area (Å²) >= 11 is 0. The van der Waals surface area contributed by atoms with Crippen molar-refractivity contribution >= 4 is 6.09 Å². The summed E-state index contributed by atoms with van der Waals surface area (Å²) in [6, 6.07) is 16.1. The predicted octanol–water partition coefficient (Wildman–Crippen LogP) is 4.38. The number of nitrogens with zero attached hydrogens (tertiary/aromatic N) is 1. The van der Waals surface area contributed by atoms with Gasteiger partial charge in [0.25, 0.3) is 0 Å². The van der Waals surface area contributed by atoms with E-state index >= 15 is 0 Å². The molecule has 1 N–H and O–H groups in total. The molecule has 4 nitrogen and oxygen atoms in total. The van der Waals surface area contributed by atoms with Crippen molar-refractivity contribution in [3.05, 3.63) is 59.7 Å². The van der Waals surface area contributed by atoms with Gasteiger partial charge in [-0.2, -0.15) is 0 Å². The van der Waals surface area contributed by atoms with Crippen LogP contribution in [-0.2, 0) is 4.74 Å². The number of hydrogen-bond acceptors (Lipinski definition) is 3. The van der Waals surface area contributed by atoms with E-state index in [-0.39, 0.29) is 18.1 Å². The number of hydrogen-bond donors (Lipinski definition) is 1. The summed E-state index contributed by atoms with van der Waals surface area (Å²) in [5.74, 6) is 0. The molecule has 1 fully saturated rings. The van der Waals surface area contributed by atoms with Crippen LogP contribution in [0.4, 0.5) is 4.79 Å². The molecule has 0 spiro atoms. The van der Waals surface area contributed by atoms with Crippen molar-refractivity contribution in [2.45, 2.75) is 38.8 Å². The summed E-state index contributed by atoms with van der Waals surface area (Å²) in [7, 11) is 0. The summed E-state index contributed by atoms with van der Waals surface area (Å²) in [6.07, 6.45) is -0.00567. The molecule has 26 heavy (non-hydrogen) atoms. The largest absolute Gasteiger partial charge is 0.436 e. The quantitative estimate of drug-likeness (QED) is 0.874. The fourth-order valence-corrected chi connectivity index (χ4v) is 4.63. The van der Waals surface area contributed by atoms with Gasteiger partial charge in [0.1, 0.15) is 0 Å². The van der Waals surface area contributed by atoms with Gasteiger partial charge in [-0.05, 0) is 29.9 Å². The number of fused-ring (bicyclic) bond motifs is 3. The normalized spacial score (nSPS) is 23.6. The number of aliphatic hydroxyl groups excluding tert-OH is 1. The molecule has 4 rings (SSSR count). The average molecular weight is 351 g/mol. The highest BCUT2D eigenvalue weighted by atomic mass is 16.6. The van der Waals surface area contributed by atoms with E-state index in [0.29, 0.717) is 6.54 Å². The van der Waals surface area contributed by atoms with Gasteiger partial charge in [0.05, 0.1) is 12.1 Å². The topological polar surface area (TPSA) is 49.8 Å². The molecule has 0 bridgehead atoms. The molecule has 0 radical (unpaired) electrons. The Hall–Kier alpha value is -2.33. The van der Waals surface area contributed by atoms with E-state index < -0.39 is 11.6 Å². The van der Waals surface area contributed by atoms with Gasteiger partial charge in [-0.25, -0.2) is 4.79 Å². The number of carbonyl (C=O) groups excluding carboxylic acids is 1. The Kier molecular flexibility index (Phi) is 3.85. The number of benzene rings is 2. The number of amides is 1. The summed E-state index contributed by atoms with van der Waals surface area (Å²) in [4.78, 5) is 14.8. The SMILES string of the molecule is CC1(C)CN(C(=O)OC2c3ccccc3-c3ccccc32)C(C)(CO)C1. The maximum atomic E-state index is 13.1. The van der Waals surface area contributed by atoms with E-state index in [2.05, 4.69) is 26.0 Å². The first-order chi connectivity index (χ1) is 12.3. The molecule has 2 aliphatic rings. The molecule has 1 saturated heterocycles. The van der Waals surface area contributed by atoms with E-state index in [1.165, 1.54) is 0 Å². The minimum Gasteiger partial charge on any atom is -0.436 e. The van der Waals surface area contributed by atoms with Gasteiger partial charge in [0.15, 0.2) is 6.10 Å². The molecule has 1 heterocycles. The van der Waals surface area contributed by atoms with Crippen LogP contribution in [0.5, 0.6) is 0 Å². The molecule has 2 aromatic carbocycles. The highest BCUT2D eigenvalue weighted by Crippen LogP contribution is 2.47. The number of carbonyl (C=O) groups is 1. The first-order valence-corrected chi connectivity index (χ1v) is 9.12. The molecule has 2 aromatic rings. The molecule has 136 valence electrons. The monoisotopic (exact) mass is 351 g/mol. The lowest BCUT2D eigenvalue weighted by molar-refractivity contribution is 0.0353. The first-order valence-electron chi connectivity index (χ1n) is 9.12. The fourth-order valence-electron chi connectivity index (χ4n) is 4.63. The van der Waals surface area contributed by atoms with Gasteiger partial charge in [-0.15, -0.1) is 0 Å². The molecule has 1 unspecified atom stereocenters. The van der Waals surface area contributed by atoms with E-state index in [4.69, 9.17) is 4.74 Å². The van der Waals surface area contributed by atoms with E-state index in [1.807, 2.05) is 43.3 Å². The standard InChI is InChI=1S/C22H25NO3/c1-21(2)12-22(3,14-24)23(13-21)20(25)26-19-17-10-6-4-8-15(17)16-9-5-7-11-18(16)19/h4-11,19,24H,12-14H2,1-3H3.